The van der Waals surface area contributed by atoms with E-state index in [9.17, 15) is 18.0 Å². The van der Waals surface area contributed by atoms with Gasteiger partial charge in [0.05, 0.1) is 12.0 Å². The summed E-state index contributed by atoms with van der Waals surface area (Å²) in [5, 5.41) is 8.54. The molecule has 3 nitrogen and oxygen atoms in total. The Balaban J connectivity index is 2.72. The first-order valence-electron chi connectivity index (χ1n) is 4.65. The molecule has 0 radical (unpaired) electrons. The zero-order valence-corrected chi connectivity index (χ0v) is 8.47. The first kappa shape index (κ1) is 12.3. The maximum Gasteiger partial charge on any atom is 0.417 e. The molecule has 88 valence electrons. The highest BCUT2D eigenvalue weighted by atomic mass is 19.4. The molecule has 0 heterocycles. The zero-order valence-electron chi connectivity index (χ0n) is 8.47. The average molecular weight is 226 g/mol. The van der Waals surface area contributed by atoms with E-state index in [1.54, 1.807) is 0 Å². The first-order chi connectivity index (χ1) is 6.68. The van der Waals surface area contributed by atoms with E-state index in [2.05, 4.69) is 0 Å². The number of ether oxygens (including phenoxy) is 1. The Kier molecular flexibility index (Phi) is 3.00. The Morgan fingerprint density at radius 1 is 1.47 bits per heavy atom. The number of carboxylic acids is 1. The molecule has 0 spiro atoms. The second-order valence-electron chi connectivity index (χ2n) is 4.10. The maximum absolute atomic E-state index is 12.6. The Morgan fingerprint density at radius 3 is 2.20 bits per heavy atom. The lowest BCUT2D eigenvalue weighted by atomic mass is 9.70. The van der Waals surface area contributed by atoms with Crippen molar-refractivity contribution in [3.8, 4) is 0 Å². The van der Waals surface area contributed by atoms with Gasteiger partial charge in [-0.15, -0.1) is 0 Å². The van der Waals surface area contributed by atoms with Crippen molar-refractivity contribution in [3.63, 3.8) is 0 Å². The highest BCUT2D eigenvalue weighted by Gasteiger charge is 2.65. The molecular formula is C9H13F3O3. The van der Waals surface area contributed by atoms with E-state index in [-0.39, 0.29) is 0 Å². The van der Waals surface area contributed by atoms with Gasteiger partial charge >= 0.3 is 12.1 Å². The Bertz CT molecular complexity index is 254. The maximum atomic E-state index is 12.6. The monoisotopic (exact) mass is 226 g/mol. The lowest BCUT2D eigenvalue weighted by Gasteiger charge is -2.47. The standard InChI is InChI=1S/C9H13F3O3/c1-5(2)15-8(9(10,11)12)3-6(4-8)7(13)14/h5-6H,3-4H2,1-2H3,(H,13,14). The van der Waals surface area contributed by atoms with Gasteiger partial charge in [-0.2, -0.15) is 13.2 Å². The van der Waals surface area contributed by atoms with Crippen molar-refractivity contribution in [2.45, 2.75) is 44.6 Å². The van der Waals surface area contributed by atoms with Crippen LogP contribution in [0.4, 0.5) is 13.2 Å². The van der Waals surface area contributed by atoms with Gasteiger partial charge in [-0.1, -0.05) is 0 Å². The smallest absolute Gasteiger partial charge is 0.417 e. The number of hydrogen-bond acceptors (Lipinski definition) is 2. The van der Waals surface area contributed by atoms with E-state index in [0.29, 0.717) is 0 Å². The van der Waals surface area contributed by atoms with Gasteiger partial charge in [0.15, 0.2) is 5.60 Å². The summed E-state index contributed by atoms with van der Waals surface area (Å²) >= 11 is 0. The van der Waals surface area contributed by atoms with Crippen LogP contribution < -0.4 is 0 Å². The molecule has 0 bridgehead atoms. The molecular weight excluding hydrogens is 213 g/mol. The Morgan fingerprint density at radius 2 is 1.93 bits per heavy atom. The number of aliphatic carboxylic acids is 1. The minimum absolute atomic E-state index is 0.482. The number of carboxylic acid groups (broad SMARTS) is 1. The van der Waals surface area contributed by atoms with Gasteiger partial charge in [-0.3, -0.25) is 4.79 Å². The van der Waals surface area contributed by atoms with Crippen LogP contribution in [0.25, 0.3) is 0 Å². The van der Waals surface area contributed by atoms with E-state index < -0.39 is 42.6 Å². The van der Waals surface area contributed by atoms with Crippen molar-refractivity contribution in [3.05, 3.63) is 0 Å². The summed E-state index contributed by atoms with van der Waals surface area (Å²) in [5.74, 6) is -2.13. The summed E-state index contributed by atoms with van der Waals surface area (Å²) < 4.78 is 42.7. The summed E-state index contributed by atoms with van der Waals surface area (Å²) in [5.41, 5.74) is -2.25. The minimum atomic E-state index is -4.50. The van der Waals surface area contributed by atoms with Gasteiger partial charge in [0.1, 0.15) is 0 Å². The third kappa shape index (κ3) is 2.25. The minimum Gasteiger partial charge on any atom is -0.481 e. The van der Waals surface area contributed by atoms with Gasteiger partial charge in [-0.25, -0.2) is 0 Å². The molecule has 0 aromatic rings. The third-order valence-corrected chi connectivity index (χ3v) is 2.48. The second kappa shape index (κ2) is 3.66. The SMILES string of the molecule is CC(C)OC1(C(F)(F)F)CC(C(=O)O)C1. The van der Waals surface area contributed by atoms with Crippen molar-refractivity contribution in [2.75, 3.05) is 0 Å². The zero-order chi connectivity index (χ0) is 11.9. The molecule has 0 saturated heterocycles. The van der Waals surface area contributed by atoms with Crippen LogP contribution in [0.5, 0.6) is 0 Å². The fourth-order valence-electron chi connectivity index (χ4n) is 1.76. The third-order valence-electron chi connectivity index (χ3n) is 2.48. The van der Waals surface area contributed by atoms with Gasteiger partial charge in [-0.05, 0) is 26.7 Å². The van der Waals surface area contributed by atoms with Crippen LogP contribution >= 0.6 is 0 Å². The lowest BCUT2D eigenvalue weighted by molar-refractivity contribution is -0.323. The molecule has 6 heteroatoms. The van der Waals surface area contributed by atoms with Crippen LogP contribution in [-0.4, -0.2) is 29.0 Å². The topological polar surface area (TPSA) is 46.5 Å². The molecule has 1 aliphatic carbocycles. The predicted octanol–water partition coefficient (Wildman–Crippen LogP) is 2.21. The van der Waals surface area contributed by atoms with Crippen LogP contribution in [0.3, 0.4) is 0 Å². The Hall–Kier alpha value is -0.780. The number of halogens is 3. The van der Waals surface area contributed by atoms with Crippen LogP contribution in [0.2, 0.25) is 0 Å². The molecule has 0 aromatic carbocycles. The van der Waals surface area contributed by atoms with Gasteiger partial charge in [0.2, 0.25) is 0 Å². The molecule has 0 amide bonds. The molecule has 0 atom stereocenters. The summed E-state index contributed by atoms with van der Waals surface area (Å²) in [4.78, 5) is 10.5. The second-order valence-corrected chi connectivity index (χ2v) is 4.10. The van der Waals surface area contributed by atoms with E-state index in [0.717, 1.165) is 0 Å². The summed E-state index contributed by atoms with van der Waals surface area (Å²) in [6.07, 6.45) is -6.03. The van der Waals surface area contributed by atoms with Crippen LogP contribution in [0, 0.1) is 5.92 Å². The quantitative estimate of drug-likeness (QED) is 0.802. The number of carbonyl (C=O) groups is 1. The summed E-state index contributed by atoms with van der Waals surface area (Å²) in [6, 6.07) is 0. The number of alkyl halides is 3. The van der Waals surface area contributed by atoms with E-state index >= 15 is 0 Å². The molecule has 1 rings (SSSR count). The average Bonchev–Trinajstić information content (AvgIpc) is 1.91. The summed E-state index contributed by atoms with van der Waals surface area (Å²) in [6.45, 7) is 3.00. The van der Waals surface area contributed by atoms with Crippen molar-refractivity contribution in [1.29, 1.82) is 0 Å². The highest BCUT2D eigenvalue weighted by Crippen LogP contribution is 2.51. The molecule has 0 unspecified atom stereocenters. The molecule has 1 saturated carbocycles. The molecule has 0 aromatic heterocycles. The van der Waals surface area contributed by atoms with E-state index in [1.807, 2.05) is 0 Å². The van der Waals surface area contributed by atoms with Crippen LogP contribution in [-0.2, 0) is 9.53 Å². The predicted molar refractivity (Wildman–Crippen MR) is 45.4 cm³/mol. The van der Waals surface area contributed by atoms with Crippen molar-refractivity contribution >= 4 is 5.97 Å². The highest BCUT2D eigenvalue weighted by molar-refractivity contribution is 5.71. The summed E-state index contributed by atoms with van der Waals surface area (Å²) in [7, 11) is 0. The number of rotatable bonds is 3. The van der Waals surface area contributed by atoms with Gasteiger partial charge < -0.3 is 9.84 Å². The van der Waals surface area contributed by atoms with Crippen LogP contribution in [0.1, 0.15) is 26.7 Å². The fourth-order valence-corrected chi connectivity index (χ4v) is 1.76. The molecule has 1 N–H and O–H groups in total. The molecule has 1 fully saturated rings. The van der Waals surface area contributed by atoms with Gasteiger partial charge in [0, 0.05) is 0 Å². The molecule has 1 aliphatic rings. The number of hydrogen-bond donors (Lipinski definition) is 1. The Labute approximate surface area is 85.2 Å². The van der Waals surface area contributed by atoms with E-state index in [4.69, 9.17) is 9.84 Å². The normalized spacial score (nSPS) is 31.5. The molecule has 0 aliphatic heterocycles. The van der Waals surface area contributed by atoms with E-state index in [1.165, 1.54) is 13.8 Å². The largest absolute Gasteiger partial charge is 0.481 e. The van der Waals surface area contributed by atoms with Crippen molar-refractivity contribution in [1.82, 2.24) is 0 Å². The fraction of sp³-hybridized carbons (Fsp3) is 0.889. The van der Waals surface area contributed by atoms with Gasteiger partial charge in [0.25, 0.3) is 0 Å². The van der Waals surface area contributed by atoms with Crippen molar-refractivity contribution < 1.29 is 27.8 Å². The molecule has 15 heavy (non-hydrogen) atoms. The first-order valence-corrected chi connectivity index (χ1v) is 4.65. The van der Waals surface area contributed by atoms with Crippen LogP contribution in [0.15, 0.2) is 0 Å². The van der Waals surface area contributed by atoms with Crippen molar-refractivity contribution in [2.24, 2.45) is 5.92 Å². The lowest BCUT2D eigenvalue weighted by Crippen LogP contribution is -2.59.